The lowest BCUT2D eigenvalue weighted by atomic mass is 10.0. The third-order valence-electron chi connectivity index (χ3n) is 5.92. The van der Waals surface area contributed by atoms with Crippen molar-refractivity contribution in [2.75, 3.05) is 31.3 Å². The molecule has 152 valence electrons. The topological polar surface area (TPSA) is 65.2 Å². The van der Waals surface area contributed by atoms with E-state index in [-0.39, 0.29) is 11.7 Å². The first kappa shape index (κ1) is 17.6. The quantitative estimate of drug-likeness (QED) is 0.491. The number of hydrogen-bond donors (Lipinski definition) is 0. The first-order valence-electron chi connectivity index (χ1n) is 10.2. The number of fused-ring (bicyclic) bond motifs is 3. The molecule has 0 unspecified atom stereocenters. The molecule has 0 radical (unpaired) electrons. The highest BCUT2D eigenvalue weighted by molar-refractivity contribution is 6.04. The number of halogens is 1. The lowest BCUT2D eigenvalue weighted by Gasteiger charge is -2.29. The van der Waals surface area contributed by atoms with Gasteiger partial charge in [-0.05, 0) is 42.7 Å². The van der Waals surface area contributed by atoms with E-state index in [0.717, 1.165) is 45.9 Å². The van der Waals surface area contributed by atoms with Gasteiger partial charge in [0, 0.05) is 23.2 Å². The molecule has 0 spiro atoms. The summed E-state index contributed by atoms with van der Waals surface area (Å²) in [6.45, 7) is 2.51. The minimum atomic E-state index is -0.508. The van der Waals surface area contributed by atoms with Crippen LogP contribution in [0.2, 0.25) is 0 Å². The molecule has 0 N–H and O–H groups in total. The average Bonchev–Trinajstić information content (AvgIpc) is 3.57. The normalized spacial score (nSPS) is 17.2. The monoisotopic (exact) mass is 405 g/mol. The van der Waals surface area contributed by atoms with Gasteiger partial charge in [0.05, 0.1) is 43.5 Å². The van der Waals surface area contributed by atoms with E-state index in [0.29, 0.717) is 26.3 Å². The Balaban J connectivity index is 1.64. The Bertz CT molecular complexity index is 1320. The number of benzene rings is 1. The molecule has 30 heavy (non-hydrogen) atoms. The van der Waals surface area contributed by atoms with Gasteiger partial charge in [-0.2, -0.15) is 4.39 Å². The maximum atomic E-state index is 13.5. The van der Waals surface area contributed by atoms with Gasteiger partial charge in [-0.25, -0.2) is 14.5 Å². The van der Waals surface area contributed by atoms with Gasteiger partial charge in [-0.15, -0.1) is 0 Å². The summed E-state index contributed by atoms with van der Waals surface area (Å²) in [5.41, 5.74) is 4.25. The van der Waals surface area contributed by atoms with Gasteiger partial charge in [-0.3, -0.25) is 9.55 Å². The first-order valence-corrected chi connectivity index (χ1v) is 10.2. The molecule has 1 saturated heterocycles. The highest BCUT2D eigenvalue weighted by Gasteiger charge is 2.31. The van der Waals surface area contributed by atoms with E-state index in [1.165, 1.54) is 12.3 Å². The smallest absolute Gasteiger partial charge is 0.348 e. The van der Waals surface area contributed by atoms with Crippen LogP contribution in [-0.2, 0) is 4.74 Å². The maximum absolute atomic E-state index is 13.5. The maximum Gasteiger partial charge on any atom is 0.348 e. The molecule has 4 heterocycles. The van der Waals surface area contributed by atoms with Crippen molar-refractivity contribution < 1.29 is 9.13 Å². The Labute approximate surface area is 171 Å². The predicted molar refractivity (Wildman–Crippen MR) is 112 cm³/mol. The molecule has 3 aromatic heterocycles. The van der Waals surface area contributed by atoms with E-state index >= 15 is 0 Å². The molecule has 1 aliphatic heterocycles. The highest BCUT2D eigenvalue weighted by atomic mass is 19.1. The molecule has 1 aliphatic carbocycles. The molecular weight excluding hydrogens is 385 g/mol. The molecule has 2 fully saturated rings. The largest absolute Gasteiger partial charge is 0.378 e. The second-order valence-electron chi connectivity index (χ2n) is 7.86. The van der Waals surface area contributed by atoms with E-state index in [2.05, 4.69) is 15.0 Å². The number of morpholine rings is 1. The number of imidazole rings is 1. The van der Waals surface area contributed by atoms with Gasteiger partial charge in [0.25, 0.3) is 0 Å². The van der Waals surface area contributed by atoms with Crippen LogP contribution in [-0.4, -0.2) is 45.5 Å². The summed E-state index contributed by atoms with van der Waals surface area (Å²) in [5, 5.41) is 2.97. The van der Waals surface area contributed by atoms with Crippen molar-refractivity contribution in [2.45, 2.75) is 18.9 Å². The van der Waals surface area contributed by atoms with Crippen molar-refractivity contribution >= 4 is 21.9 Å². The summed E-state index contributed by atoms with van der Waals surface area (Å²) in [5.74, 6) is -0.508. The number of aromatic nitrogens is 4. The number of hydrogen-bond acceptors (Lipinski definition) is 5. The lowest BCUT2D eigenvalue weighted by Crippen LogP contribution is -2.48. The Kier molecular flexibility index (Phi) is 3.89. The summed E-state index contributed by atoms with van der Waals surface area (Å²) >= 11 is 0. The Morgan fingerprint density at radius 1 is 1.00 bits per heavy atom. The SMILES string of the molecule is O=c1n(C2CC2)c2cnc3ccc(-c4ccc(F)nc4)cc3c2n1N1CCOCC1. The lowest BCUT2D eigenvalue weighted by molar-refractivity contribution is 0.111. The van der Waals surface area contributed by atoms with Crippen molar-refractivity contribution in [3.63, 3.8) is 0 Å². The van der Waals surface area contributed by atoms with Gasteiger partial charge >= 0.3 is 5.69 Å². The van der Waals surface area contributed by atoms with Gasteiger partial charge in [0.15, 0.2) is 0 Å². The summed E-state index contributed by atoms with van der Waals surface area (Å²) in [4.78, 5) is 21.9. The van der Waals surface area contributed by atoms with E-state index in [4.69, 9.17) is 4.74 Å². The molecule has 8 heteroatoms. The Hall–Kier alpha value is -3.26. The van der Waals surface area contributed by atoms with E-state index in [1.807, 2.05) is 33.6 Å². The van der Waals surface area contributed by atoms with Crippen LogP contribution in [0.25, 0.3) is 33.1 Å². The Morgan fingerprint density at radius 2 is 1.80 bits per heavy atom. The second-order valence-corrected chi connectivity index (χ2v) is 7.86. The van der Waals surface area contributed by atoms with Crippen LogP contribution in [0.1, 0.15) is 18.9 Å². The molecule has 0 bridgehead atoms. The number of nitrogens with zero attached hydrogens (tertiary/aromatic N) is 5. The molecule has 7 nitrogen and oxygen atoms in total. The number of rotatable bonds is 3. The van der Waals surface area contributed by atoms with Crippen molar-refractivity contribution in [1.29, 1.82) is 0 Å². The molecule has 2 aliphatic rings. The summed E-state index contributed by atoms with van der Waals surface area (Å²) in [6.07, 6.45) is 5.37. The molecule has 6 rings (SSSR count). The molecule has 4 aromatic rings. The third-order valence-corrected chi connectivity index (χ3v) is 5.92. The van der Waals surface area contributed by atoms with Crippen LogP contribution >= 0.6 is 0 Å². The van der Waals surface area contributed by atoms with Gasteiger partial charge in [0.2, 0.25) is 5.95 Å². The molecular formula is C22H20FN5O2. The average molecular weight is 405 g/mol. The van der Waals surface area contributed by atoms with Crippen molar-refractivity contribution in [3.05, 3.63) is 59.2 Å². The zero-order chi connectivity index (χ0) is 20.2. The molecule has 1 aromatic carbocycles. The fourth-order valence-corrected chi connectivity index (χ4v) is 4.30. The predicted octanol–water partition coefficient (Wildman–Crippen LogP) is 2.86. The third kappa shape index (κ3) is 2.71. The first-order chi connectivity index (χ1) is 14.7. The van der Waals surface area contributed by atoms with Crippen LogP contribution < -0.4 is 10.7 Å². The summed E-state index contributed by atoms with van der Waals surface area (Å²) < 4.78 is 22.5. The van der Waals surface area contributed by atoms with Crippen LogP contribution in [0.15, 0.2) is 47.5 Å². The standard InChI is InChI=1S/C22H20FN5O2/c23-20-6-2-15(12-25-20)14-1-5-18-17(11-14)21-19(13-24-18)27(16-3-4-16)22(29)28(21)26-7-9-30-10-8-26/h1-2,5-6,11-13,16H,3-4,7-10H2. The number of pyridine rings is 2. The highest BCUT2D eigenvalue weighted by Crippen LogP contribution is 2.37. The van der Waals surface area contributed by atoms with Crippen molar-refractivity contribution in [2.24, 2.45) is 0 Å². The zero-order valence-electron chi connectivity index (χ0n) is 16.3. The molecule has 0 atom stereocenters. The zero-order valence-corrected chi connectivity index (χ0v) is 16.3. The van der Waals surface area contributed by atoms with E-state index in [9.17, 15) is 9.18 Å². The second kappa shape index (κ2) is 6.63. The molecule has 1 saturated carbocycles. The van der Waals surface area contributed by atoms with Crippen molar-refractivity contribution in [1.82, 2.24) is 19.2 Å². The fourth-order valence-electron chi connectivity index (χ4n) is 4.30. The van der Waals surface area contributed by atoms with Gasteiger partial charge in [0.1, 0.15) is 5.52 Å². The van der Waals surface area contributed by atoms with Crippen LogP contribution in [0, 0.1) is 5.95 Å². The van der Waals surface area contributed by atoms with Crippen LogP contribution in [0.4, 0.5) is 4.39 Å². The van der Waals surface area contributed by atoms with Crippen molar-refractivity contribution in [3.8, 4) is 11.1 Å². The minimum Gasteiger partial charge on any atom is -0.378 e. The van der Waals surface area contributed by atoms with E-state index in [1.54, 1.807) is 6.07 Å². The summed E-state index contributed by atoms with van der Waals surface area (Å²) in [7, 11) is 0. The van der Waals surface area contributed by atoms with E-state index < -0.39 is 5.95 Å². The van der Waals surface area contributed by atoms with Crippen LogP contribution in [0.5, 0.6) is 0 Å². The molecule has 0 amide bonds. The van der Waals surface area contributed by atoms with Crippen LogP contribution in [0.3, 0.4) is 0 Å². The number of ether oxygens (including phenoxy) is 1. The summed E-state index contributed by atoms with van der Waals surface area (Å²) in [6, 6.07) is 9.22. The minimum absolute atomic E-state index is 0.0162. The fraction of sp³-hybridized carbons (Fsp3) is 0.318. The van der Waals surface area contributed by atoms with Gasteiger partial charge in [-0.1, -0.05) is 6.07 Å². The van der Waals surface area contributed by atoms with Gasteiger partial charge < -0.3 is 9.75 Å². The Morgan fingerprint density at radius 3 is 2.53 bits per heavy atom.